The summed E-state index contributed by atoms with van der Waals surface area (Å²) >= 11 is 6.05. The van der Waals surface area contributed by atoms with Crippen LogP contribution in [0.3, 0.4) is 0 Å². The Balaban J connectivity index is 1.35. The Labute approximate surface area is 187 Å². The van der Waals surface area contributed by atoms with Gasteiger partial charge in [-0.1, -0.05) is 53.2 Å². The molecule has 2 atom stereocenters. The van der Waals surface area contributed by atoms with Gasteiger partial charge in [0.15, 0.2) is 0 Å². The van der Waals surface area contributed by atoms with Gasteiger partial charge in [0.2, 0.25) is 17.6 Å². The van der Waals surface area contributed by atoms with Crippen molar-refractivity contribution < 1.29 is 9.32 Å². The monoisotopic (exact) mass is 438 g/mol. The Bertz CT molecular complexity index is 1050. The van der Waals surface area contributed by atoms with Crippen molar-refractivity contribution in [2.45, 2.75) is 39.3 Å². The zero-order valence-corrected chi connectivity index (χ0v) is 18.6. The Morgan fingerprint density at radius 2 is 2.13 bits per heavy atom. The normalized spacial score (nSPS) is 18.0. The summed E-state index contributed by atoms with van der Waals surface area (Å²) < 4.78 is 5.45. The Morgan fingerprint density at radius 1 is 1.29 bits per heavy atom. The topological polar surface area (TPSA) is 71.3 Å². The van der Waals surface area contributed by atoms with Crippen molar-refractivity contribution >= 4 is 17.5 Å². The number of rotatable bonds is 6. The number of hydrogen-bond donors (Lipinski definition) is 1. The minimum absolute atomic E-state index is 0.0136. The average molecular weight is 439 g/mol. The number of aryl methyl sites for hydroxylation is 1. The van der Waals surface area contributed by atoms with Crippen LogP contribution in [0.5, 0.6) is 0 Å². The van der Waals surface area contributed by atoms with Gasteiger partial charge < -0.3 is 9.84 Å². The number of carbonyl (C=O) groups excluding carboxylic acids is 1. The Kier molecular flexibility index (Phi) is 6.68. The van der Waals surface area contributed by atoms with Gasteiger partial charge in [0.05, 0.1) is 18.5 Å². The number of benzene rings is 2. The first kappa shape index (κ1) is 21.5. The molecular formula is C24H27ClN4O2. The minimum atomic E-state index is -0.0458. The molecule has 6 nitrogen and oxygen atoms in total. The highest BCUT2D eigenvalue weighted by Crippen LogP contribution is 2.23. The number of hydrogen-bond acceptors (Lipinski definition) is 5. The molecule has 0 radical (unpaired) electrons. The fourth-order valence-electron chi connectivity index (χ4n) is 4.15. The minimum Gasteiger partial charge on any atom is -0.349 e. The van der Waals surface area contributed by atoms with Gasteiger partial charge in [0, 0.05) is 17.1 Å². The van der Waals surface area contributed by atoms with Crippen LogP contribution in [0.4, 0.5) is 0 Å². The lowest BCUT2D eigenvalue weighted by atomic mass is 9.95. The smallest absolute Gasteiger partial charge is 0.241 e. The summed E-state index contributed by atoms with van der Waals surface area (Å²) in [6.07, 6.45) is 1.85. The molecule has 2 unspecified atom stereocenters. The van der Waals surface area contributed by atoms with E-state index in [1.165, 1.54) is 5.56 Å². The van der Waals surface area contributed by atoms with Gasteiger partial charge in [-0.2, -0.15) is 4.98 Å². The van der Waals surface area contributed by atoms with Crippen LogP contribution in [0.1, 0.15) is 42.8 Å². The SMILES string of the molecule is Cc1ccccc1C(C)NC(=O)C1CCCN(Cc2nc(-c3cccc(Cl)c3)no2)C1. The summed E-state index contributed by atoms with van der Waals surface area (Å²) in [6, 6.07) is 15.5. The Hall–Kier alpha value is -2.70. The number of halogens is 1. The molecule has 3 aromatic rings. The van der Waals surface area contributed by atoms with Crippen molar-refractivity contribution in [2.75, 3.05) is 13.1 Å². The zero-order valence-electron chi connectivity index (χ0n) is 17.8. The number of piperidine rings is 1. The van der Waals surface area contributed by atoms with E-state index in [0.717, 1.165) is 30.5 Å². The van der Waals surface area contributed by atoms with E-state index < -0.39 is 0 Å². The number of nitrogens with zero attached hydrogens (tertiary/aromatic N) is 3. The van der Waals surface area contributed by atoms with Crippen LogP contribution >= 0.6 is 11.6 Å². The first-order chi connectivity index (χ1) is 15.0. The summed E-state index contributed by atoms with van der Waals surface area (Å²) in [4.78, 5) is 19.6. The summed E-state index contributed by atoms with van der Waals surface area (Å²) in [6.45, 7) is 6.23. The van der Waals surface area contributed by atoms with Gasteiger partial charge in [-0.3, -0.25) is 9.69 Å². The van der Waals surface area contributed by atoms with Crippen LogP contribution in [0.25, 0.3) is 11.4 Å². The third-order valence-corrected chi connectivity index (χ3v) is 6.03. The van der Waals surface area contributed by atoms with Crippen LogP contribution in [-0.4, -0.2) is 34.0 Å². The van der Waals surface area contributed by atoms with Crippen LogP contribution in [0.2, 0.25) is 5.02 Å². The number of amides is 1. The van der Waals surface area contributed by atoms with E-state index in [9.17, 15) is 4.79 Å². The third kappa shape index (κ3) is 5.32. The molecule has 31 heavy (non-hydrogen) atoms. The standard InChI is InChI=1S/C24H27ClN4O2/c1-16-7-3-4-11-21(16)17(2)26-24(30)19-9-6-12-29(14-19)15-22-27-23(28-31-22)18-8-5-10-20(25)13-18/h3-5,7-8,10-11,13,17,19H,6,9,12,14-15H2,1-2H3,(H,26,30). The first-order valence-corrected chi connectivity index (χ1v) is 11.0. The molecular weight excluding hydrogens is 412 g/mol. The fraction of sp³-hybridized carbons (Fsp3) is 0.375. The second-order valence-electron chi connectivity index (χ2n) is 8.18. The summed E-state index contributed by atoms with van der Waals surface area (Å²) in [5.74, 6) is 1.13. The first-order valence-electron chi connectivity index (χ1n) is 10.7. The maximum absolute atomic E-state index is 12.9. The maximum Gasteiger partial charge on any atom is 0.241 e. The molecule has 7 heteroatoms. The molecule has 2 heterocycles. The molecule has 2 aromatic carbocycles. The van der Waals surface area contributed by atoms with E-state index in [0.29, 0.717) is 29.8 Å². The van der Waals surface area contributed by atoms with E-state index in [1.807, 2.05) is 43.3 Å². The highest BCUT2D eigenvalue weighted by Gasteiger charge is 2.28. The molecule has 1 fully saturated rings. The van der Waals surface area contributed by atoms with E-state index in [1.54, 1.807) is 0 Å². The third-order valence-electron chi connectivity index (χ3n) is 5.80. The molecule has 1 aliphatic rings. The van der Waals surface area contributed by atoms with Crippen molar-refractivity contribution in [1.29, 1.82) is 0 Å². The van der Waals surface area contributed by atoms with Gasteiger partial charge in [-0.15, -0.1) is 0 Å². The predicted octanol–water partition coefficient (Wildman–Crippen LogP) is 4.79. The highest BCUT2D eigenvalue weighted by molar-refractivity contribution is 6.30. The van der Waals surface area contributed by atoms with Crippen molar-refractivity contribution in [1.82, 2.24) is 20.4 Å². The molecule has 0 aliphatic carbocycles. The summed E-state index contributed by atoms with van der Waals surface area (Å²) in [7, 11) is 0. The largest absolute Gasteiger partial charge is 0.349 e. The molecule has 1 aliphatic heterocycles. The van der Waals surface area contributed by atoms with Crippen LogP contribution in [0, 0.1) is 12.8 Å². The lowest BCUT2D eigenvalue weighted by Gasteiger charge is -2.31. The summed E-state index contributed by atoms with van der Waals surface area (Å²) in [5.41, 5.74) is 3.17. The van der Waals surface area contributed by atoms with E-state index >= 15 is 0 Å². The van der Waals surface area contributed by atoms with Crippen LogP contribution in [-0.2, 0) is 11.3 Å². The average Bonchev–Trinajstić information content (AvgIpc) is 3.22. The lowest BCUT2D eigenvalue weighted by Crippen LogP contribution is -2.43. The second-order valence-corrected chi connectivity index (χ2v) is 8.62. The quantitative estimate of drug-likeness (QED) is 0.599. The van der Waals surface area contributed by atoms with Gasteiger partial charge in [-0.25, -0.2) is 0 Å². The lowest BCUT2D eigenvalue weighted by molar-refractivity contribution is -0.127. The molecule has 1 aromatic heterocycles. The van der Waals surface area contributed by atoms with Gasteiger partial charge in [-0.05, 0) is 56.5 Å². The highest BCUT2D eigenvalue weighted by atomic mass is 35.5. The molecule has 4 rings (SSSR count). The molecule has 1 amide bonds. The Morgan fingerprint density at radius 3 is 2.94 bits per heavy atom. The maximum atomic E-state index is 12.9. The van der Waals surface area contributed by atoms with Crippen LogP contribution < -0.4 is 5.32 Å². The van der Waals surface area contributed by atoms with Crippen LogP contribution in [0.15, 0.2) is 53.1 Å². The number of nitrogens with one attached hydrogen (secondary N) is 1. The van der Waals surface area contributed by atoms with E-state index in [2.05, 4.69) is 39.4 Å². The number of likely N-dealkylation sites (tertiary alicyclic amines) is 1. The van der Waals surface area contributed by atoms with Crippen molar-refractivity contribution in [3.63, 3.8) is 0 Å². The zero-order chi connectivity index (χ0) is 21.8. The van der Waals surface area contributed by atoms with E-state index in [4.69, 9.17) is 16.1 Å². The molecule has 1 saturated heterocycles. The molecule has 162 valence electrons. The fourth-order valence-corrected chi connectivity index (χ4v) is 4.34. The van der Waals surface area contributed by atoms with Gasteiger partial charge >= 0.3 is 0 Å². The molecule has 0 spiro atoms. The van der Waals surface area contributed by atoms with Crippen molar-refractivity contribution in [3.8, 4) is 11.4 Å². The molecule has 1 N–H and O–H groups in total. The summed E-state index contributed by atoms with van der Waals surface area (Å²) in [5, 5.41) is 7.90. The number of aromatic nitrogens is 2. The molecule has 0 saturated carbocycles. The van der Waals surface area contributed by atoms with Gasteiger partial charge in [0.1, 0.15) is 0 Å². The van der Waals surface area contributed by atoms with Crippen molar-refractivity contribution in [2.24, 2.45) is 5.92 Å². The van der Waals surface area contributed by atoms with Crippen molar-refractivity contribution in [3.05, 3.63) is 70.6 Å². The number of carbonyl (C=O) groups is 1. The van der Waals surface area contributed by atoms with E-state index in [-0.39, 0.29) is 17.9 Å². The second kappa shape index (κ2) is 9.62. The predicted molar refractivity (Wildman–Crippen MR) is 120 cm³/mol. The molecule has 0 bridgehead atoms. The van der Waals surface area contributed by atoms with Gasteiger partial charge in [0.25, 0.3) is 0 Å².